The number of benzene rings is 1. The third kappa shape index (κ3) is 3.33. The monoisotopic (exact) mass is 317 g/mol. The van der Waals surface area contributed by atoms with E-state index < -0.39 is 27.0 Å². The Bertz CT molecular complexity index is 694. The molecule has 4 N–H and O–H groups in total. The van der Waals surface area contributed by atoms with E-state index in [1.165, 1.54) is 6.20 Å². The Hall–Kier alpha value is -1.07. The number of aromatic nitrogens is 1. The van der Waals surface area contributed by atoms with Gasteiger partial charge in [0.1, 0.15) is 0 Å². The summed E-state index contributed by atoms with van der Waals surface area (Å²) in [6.45, 7) is 0. The van der Waals surface area contributed by atoms with E-state index in [2.05, 4.69) is 4.98 Å². The van der Waals surface area contributed by atoms with Crippen molar-refractivity contribution in [1.29, 1.82) is 0 Å². The van der Waals surface area contributed by atoms with Crippen molar-refractivity contribution in [3.05, 3.63) is 42.2 Å². The highest BCUT2D eigenvalue weighted by molar-refractivity contribution is 7.70. The van der Waals surface area contributed by atoms with E-state index in [-0.39, 0.29) is 5.69 Å². The Morgan fingerprint density at radius 1 is 1.00 bits per heavy atom. The molecule has 2 aromatic rings. The zero-order valence-electron chi connectivity index (χ0n) is 10.2. The van der Waals surface area contributed by atoms with Crippen molar-refractivity contribution in [3.8, 4) is 0 Å². The normalized spacial score (nSPS) is 13.1. The lowest BCUT2D eigenvalue weighted by atomic mass is 10.1. The van der Waals surface area contributed by atoms with E-state index in [4.69, 9.17) is 19.6 Å². The van der Waals surface area contributed by atoms with Crippen LogP contribution in [0.25, 0.3) is 10.8 Å². The van der Waals surface area contributed by atoms with E-state index in [9.17, 15) is 9.13 Å². The van der Waals surface area contributed by atoms with Crippen LogP contribution in [0, 0.1) is 0 Å². The van der Waals surface area contributed by atoms with Crippen LogP contribution >= 0.6 is 15.2 Å². The number of fused-ring (bicyclic) bond motifs is 1. The zero-order valence-corrected chi connectivity index (χ0v) is 12.0. The SMILES string of the molecule is O=P(O)(O)C(Cc1nccc2ccccc12)P(=O)(O)O. The lowest BCUT2D eigenvalue weighted by Crippen LogP contribution is -2.13. The summed E-state index contributed by atoms with van der Waals surface area (Å²) in [7, 11) is -9.89. The second-order valence-corrected chi connectivity index (χ2v) is 8.35. The van der Waals surface area contributed by atoms with Crippen LogP contribution in [0.5, 0.6) is 0 Å². The standard InChI is InChI=1S/C11H13NO6P2/c13-19(14,15)11(20(16,17)18)7-10-9-4-2-1-3-8(9)5-6-12-10/h1-6,11H,7H2,(H2,13,14,15)(H2,16,17,18). The molecule has 0 aliphatic rings. The first-order chi connectivity index (χ1) is 9.19. The van der Waals surface area contributed by atoms with Crippen molar-refractivity contribution in [2.75, 3.05) is 0 Å². The van der Waals surface area contributed by atoms with Crippen LogP contribution < -0.4 is 0 Å². The Morgan fingerprint density at radius 3 is 2.20 bits per heavy atom. The van der Waals surface area contributed by atoms with Gasteiger partial charge in [-0.05, 0) is 11.5 Å². The van der Waals surface area contributed by atoms with Crippen molar-refractivity contribution in [2.24, 2.45) is 0 Å². The fourth-order valence-corrected chi connectivity index (χ4v) is 4.34. The minimum absolute atomic E-state index is 0.250. The van der Waals surface area contributed by atoms with Gasteiger partial charge in [-0.3, -0.25) is 14.1 Å². The van der Waals surface area contributed by atoms with Gasteiger partial charge in [-0.15, -0.1) is 0 Å². The molecule has 9 heteroatoms. The minimum Gasteiger partial charge on any atom is -0.324 e. The predicted octanol–water partition coefficient (Wildman–Crippen LogP) is 1.46. The summed E-state index contributed by atoms with van der Waals surface area (Å²) >= 11 is 0. The molecule has 2 rings (SSSR count). The highest BCUT2D eigenvalue weighted by Crippen LogP contribution is 2.60. The molecule has 108 valence electrons. The van der Waals surface area contributed by atoms with E-state index in [1.807, 2.05) is 0 Å². The van der Waals surface area contributed by atoms with Crippen molar-refractivity contribution >= 4 is 26.0 Å². The molecule has 1 aromatic carbocycles. The molecule has 0 spiro atoms. The van der Waals surface area contributed by atoms with Gasteiger partial charge < -0.3 is 19.6 Å². The molecule has 7 nitrogen and oxygen atoms in total. The maximum absolute atomic E-state index is 11.3. The Morgan fingerprint density at radius 2 is 1.60 bits per heavy atom. The molecule has 0 saturated heterocycles. The van der Waals surface area contributed by atoms with Crippen LogP contribution in [0.3, 0.4) is 0 Å². The lowest BCUT2D eigenvalue weighted by Gasteiger charge is -2.19. The Balaban J connectivity index is 2.50. The number of nitrogens with zero attached hydrogens (tertiary/aromatic N) is 1. The van der Waals surface area contributed by atoms with E-state index in [0.29, 0.717) is 5.39 Å². The van der Waals surface area contributed by atoms with Crippen LogP contribution in [-0.2, 0) is 15.6 Å². The fraction of sp³-hybridized carbons (Fsp3) is 0.182. The smallest absolute Gasteiger partial charge is 0.324 e. The van der Waals surface area contributed by atoms with Gasteiger partial charge in [-0.1, -0.05) is 24.3 Å². The molecule has 1 aromatic heterocycles. The maximum atomic E-state index is 11.3. The molecule has 0 amide bonds. The predicted molar refractivity (Wildman–Crippen MR) is 73.3 cm³/mol. The molecule has 0 atom stereocenters. The summed E-state index contributed by atoms with van der Waals surface area (Å²) in [5.41, 5.74) is 0.250. The van der Waals surface area contributed by atoms with Gasteiger partial charge in [0.2, 0.25) is 0 Å². The highest BCUT2D eigenvalue weighted by Gasteiger charge is 2.43. The molecule has 20 heavy (non-hydrogen) atoms. The summed E-state index contributed by atoms with van der Waals surface area (Å²) in [5, 5.41) is -0.678. The second-order valence-electron chi connectivity index (χ2n) is 4.34. The first-order valence-electron chi connectivity index (χ1n) is 5.62. The van der Waals surface area contributed by atoms with Crippen LogP contribution in [0.2, 0.25) is 0 Å². The highest BCUT2D eigenvalue weighted by atomic mass is 31.2. The number of pyridine rings is 1. The van der Waals surface area contributed by atoms with Gasteiger partial charge in [0.25, 0.3) is 0 Å². The van der Waals surface area contributed by atoms with Crippen molar-refractivity contribution < 1.29 is 28.7 Å². The molecule has 1 heterocycles. The van der Waals surface area contributed by atoms with Crippen LogP contribution in [-0.4, -0.2) is 30.0 Å². The number of hydrogen-bond donors (Lipinski definition) is 4. The van der Waals surface area contributed by atoms with Gasteiger partial charge in [0.05, 0.1) is 0 Å². The first-order valence-corrected chi connectivity index (χ1v) is 8.99. The zero-order chi connectivity index (χ0) is 15.0. The summed E-state index contributed by atoms with van der Waals surface area (Å²) in [6, 6.07) is 8.69. The van der Waals surface area contributed by atoms with Gasteiger partial charge in [0.15, 0.2) is 5.40 Å². The lowest BCUT2D eigenvalue weighted by molar-refractivity contribution is 0.338. The quantitative estimate of drug-likeness (QED) is 0.628. The van der Waals surface area contributed by atoms with Crippen LogP contribution in [0.1, 0.15) is 5.69 Å². The summed E-state index contributed by atoms with van der Waals surface area (Å²) in [5.74, 6) is 0. The third-order valence-electron chi connectivity index (χ3n) is 2.91. The van der Waals surface area contributed by atoms with Crippen molar-refractivity contribution in [1.82, 2.24) is 4.98 Å². The summed E-state index contributed by atoms with van der Waals surface area (Å²) in [6.07, 6.45) is 0.948. The minimum atomic E-state index is -4.94. The Labute approximate surface area is 114 Å². The molecule has 0 aliphatic carbocycles. The average Bonchev–Trinajstić information content (AvgIpc) is 2.33. The van der Waals surface area contributed by atoms with Crippen molar-refractivity contribution in [2.45, 2.75) is 11.8 Å². The number of rotatable bonds is 4. The molecule has 0 radical (unpaired) electrons. The Kier molecular flexibility index (Phi) is 4.12. The van der Waals surface area contributed by atoms with E-state index in [0.717, 1.165) is 5.39 Å². The van der Waals surface area contributed by atoms with Gasteiger partial charge in [-0.25, -0.2) is 0 Å². The van der Waals surface area contributed by atoms with Gasteiger partial charge in [0, 0.05) is 23.7 Å². The molecular formula is C11H13NO6P2. The summed E-state index contributed by atoms with van der Waals surface area (Å²) < 4.78 is 22.6. The average molecular weight is 317 g/mol. The summed E-state index contributed by atoms with van der Waals surface area (Å²) in [4.78, 5) is 40.5. The number of hydrogen-bond acceptors (Lipinski definition) is 3. The maximum Gasteiger partial charge on any atom is 0.341 e. The van der Waals surface area contributed by atoms with Crippen molar-refractivity contribution in [3.63, 3.8) is 0 Å². The molecule has 0 unspecified atom stereocenters. The third-order valence-corrected chi connectivity index (χ3v) is 6.63. The van der Waals surface area contributed by atoms with Gasteiger partial charge in [-0.2, -0.15) is 0 Å². The topological polar surface area (TPSA) is 128 Å². The van der Waals surface area contributed by atoms with E-state index in [1.54, 1.807) is 30.3 Å². The van der Waals surface area contributed by atoms with E-state index >= 15 is 0 Å². The first kappa shape index (κ1) is 15.3. The molecule has 0 saturated carbocycles. The molecule has 0 aliphatic heterocycles. The van der Waals surface area contributed by atoms with Crippen LogP contribution in [0.15, 0.2) is 36.5 Å². The second kappa shape index (κ2) is 5.37. The van der Waals surface area contributed by atoms with Crippen LogP contribution in [0.4, 0.5) is 0 Å². The molecule has 0 bridgehead atoms. The molecular weight excluding hydrogens is 304 g/mol. The largest absolute Gasteiger partial charge is 0.341 e. The fourth-order valence-electron chi connectivity index (χ4n) is 1.95. The molecule has 0 fully saturated rings. The van der Waals surface area contributed by atoms with Gasteiger partial charge >= 0.3 is 15.2 Å².